The number of fused-ring (bicyclic) bond motifs is 3. The Hall–Kier alpha value is -2.95. The van der Waals surface area contributed by atoms with Crippen molar-refractivity contribution < 1.29 is 4.79 Å². The lowest BCUT2D eigenvalue weighted by atomic mass is 10.0. The van der Waals surface area contributed by atoms with Gasteiger partial charge in [0.15, 0.2) is 5.78 Å². The van der Waals surface area contributed by atoms with Crippen LogP contribution in [0, 0.1) is 6.92 Å². The summed E-state index contributed by atoms with van der Waals surface area (Å²) in [5.74, 6) is 0.0293. The summed E-state index contributed by atoms with van der Waals surface area (Å²) in [7, 11) is 0. The van der Waals surface area contributed by atoms with Crippen LogP contribution in [0.2, 0.25) is 0 Å². The molecule has 4 aromatic rings. The van der Waals surface area contributed by atoms with Gasteiger partial charge in [0.05, 0.1) is 34.9 Å². The standard InChI is InChI=1S/C17H14N4O/c1-9-14(10(2)22)15-16(20-9)11-5-3-4-6-12(11)21-17(15)13-7-18-8-19-13/h3-8,20H,1-2H3,(H,18,19). The second kappa shape index (κ2) is 4.53. The van der Waals surface area contributed by atoms with E-state index < -0.39 is 0 Å². The highest BCUT2D eigenvalue weighted by atomic mass is 16.1. The van der Waals surface area contributed by atoms with Gasteiger partial charge in [0.25, 0.3) is 0 Å². The monoisotopic (exact) mass is 290 g/mol. The highest BCUT2D eigenvalue weighted by molar-refractivity contribution is 6.18. The van der Waals surface area contributed by atoms with Crippen LogP contribution in [-0.2, 0) is 0 Å². The molecule has 5 nitrogen and oxygen atoms in total. The first-order valence-electron chi connectivity index (χ1n) is 7.07. The van der Waals surface area contributed by atoms with Crippen molar-refractivity contribution in [2.75, 3.05) is 0 Å². The Morgan fingerprint density at radius 1 is 1.23 bits per heavy atom. The number of rotatable bonds is 2. The molecule has 4 rings (SSSR count). The maximum atomic E-state index is 12.1. The number of nitrogens with one attached hydrogen (secondary N) is 2. The molecule has 0 unspecified atom stereocenters. The third kappa shape index (κ3) is 1.69. The summed E-state index contributed by atoms with van der Waals surface area (Å²) < 4.78 is 0. The van der Waals surface area contributed by atoms with Crippen LogP contribution < -0.4 is 0 Å². The molecule has 0 aliphatic rings. The highest BCUT2D eigenvalue weighted by Gasteiger charge is 2.20. The number of hydrogen-bond acceptors (Lipinski definition) is 3. The Kier molecular flexibility index (Phi) is 2.63. The van der Waals surface area contributed by atoms with Crippen LogP contribution in [0.1, 0.15) is 23.0 Å². The van der Waals surface area contributed by atoms with E-state index in [-0.39, 0.29) is 5.78 Å². The first kappa shape index (κ1) is 12.8. The number of ketones is 1. The quantitative estimate of drug-likeness (QED) is 0.554. The van der Waals surface area contributed by atoms with E-state index in [0.29, 0.717) is 5.56 Å². The molecule has 0 aliphatic carbocycles. The molecule has 0 bridgehead atoms. The summed E-state index contributed by atoms with van der Waals surface area (Å²) in [5.41, 5.74) is 4.94. The zero-order chi connectivity index (χ0) is 15.3. The number of carbonyl (C=O) groups is 1. The zero-order valence-corrected chi connectivity index (χ0v) is 12.3. The molecular weight excluding hydrogens is 276 g/mol. The predicted octanol–water partition coefficient (Wildman–Crippen LogP) is 3.62. The van der Waals surface area contributed by atoms with E-state index >= 15 is 0 Å². The highest BCUT2D eigenvalue weighted by Crippen LogP contribution is 2.35. The molecule has 0 radical (unpaired) electrons. The molecule has 3 aromatic heterocycles. The zero-order valence-electron chi connectivity index (χ0n) is 12.3. The van der Waals surface area contributed by atoms with Gasteiger partial charge in [-0.25, -0.2) is 9.97 Å². The Bertz CT molecular complexity index is 1010. The molecule has 0 atom stereocenters. The van der Waals surface area contributed by atoms with Crippen molar-refractivity contribution in [3.63, 3.8) is 0 Å². The molecule has 0 spiro atoms. The number of aromatic amines is 2. The van der Waals surface area contributed by atoms with Gasteiger partial charge in [0.1, 0.15) is 0 Å². The number of hydrogen-bond donors (Lipinski definition) is 2. The van der Waals surface area contributed by atoms with Gasteiger partial charge >= 0.3 is 0 Å². The minimum absolute atomic E-state index is 0.0293. The van der Waals surface area contributed by atoms with E-state index in [1.54, 1.807) is 19.4 Å². The Morgan fingerprint density at radius 3 is 2.77 bits per heavy atom. The van der Waals surface area contributed by atoms with Crippen LogP contribution >= 0.6 is 0 Å². The Balaban J connectivity index is 2.27. The molecule has 0 saturated heterocycles. The van der Waals surface area contributed by atoms with Gasteiger partial charge in [0.2, 0.25) is 0 Å². The lowest BCUT2D eigenvalue weighted by Gasteiger charge is -2.06. The first-order valence-corrected chi connectivity index (χ1v) is 7.07. The SMILES string of the molecule is CC(=O)c1c(C)[nH]c2c1c(-c1cnc[nH]1)nc1ccccc12. The van der Waals surface area contributed by atoms with Gasteiger partial charge in [0, 0.05) is 22.0 Å². The summed E-state index contributed by atoms with van der Waals surface area (Å²) >= 11 is 0. The molecule has 108 valence electrons. The molecule has 22 heavy (non-hydrogen) atoms. The number of benzene rings is 1. The van der Waals surface area contributed by atoms with E-state index in [1.165, 1.54) is 0 Å². The Morgan fingerprint density at radius 2 is 2.05 bits per heavy atom. The average molecular weight is 290 g/mol. The molecule has 5 heteroatoms. The normalized spacial score (nSPS) is 11.4. The summed E-state index contributed by atoms with van der Waals surface area (Å²) in [6.07, 6.45) is 3.34. The number of imidazole rings is 1. The lowest BCUT2D eigenvalue weighted by molar-refractivity contribution is 0.101. The largest absolute Gasteiger partial charge is 0.357 e. The molecule has 1 aromatic carbocycles. The molecule has 0 fully saturated rings. The summed E-state index contributed by atoms with van der Waals surface area (Å²) in [4.78, 5) is 27.4. The van der Waals surface area contributed by atoms with Crippen LogP contribution in [0.25, 0.3) is 33.2 Å². The number of para-hydroxylation sites is 1. The van der Waals surface area contributed by atoms with Crippen LogP contribution in [-0.4, -0.2) is 25.7 Å². The molecule has 2 N–H and O–H groups in total. The number of Topliss-reactive ketones (excluding diaryl/α,β-unsaturated/α-hetero) is 1. The van der Waals surface area contributed by atoms with E-state index in [9.17, 15) is 4.79 Å². The van der Waals surface area contributed by atoms with Crippen LogP contribution in [0.4, 0.5) is 0 Å². The van der Waals surface area contributed by atoms with Crippen LogP contribution in [0.15, 0.2) is 36.8 Å². The summed E-state index contributed by atoms with van der Waals surface area (Å²) in [6.45, 7) is 3.50. The maximum Gasteiger partial charge on any atom is 0.162 e. The van der Waals surface area contributed by atoms with Gasteiger partial charge < -0.3 is 9.97 Å². The van der Waals surface area contributed by atoms with Crippen LogP contribution in [0.3, 0.4) is 0 Å². The van der Waals surface area contributed by atoms with Gasteiger partial charge in [-0.15, -0.1) is 0 Å². The van der Waals surface area contributed by atoms with E-state index in [2.05, 4.69) is 15.0 Å². The fraction of sp³-hybridized carbons (Fsp3) is 0.118. The number of H-pyrrole nitrogens is 2. The van der Waals surface area contributed by atoms with E-state index in [4.69, 9.17) is 4.98 Å². The second-order valence-corrected chi connectivity index (χ2v) is 5.37. The third-order valence-electron chi connectivity index (χ3n) is 3.94. The molecule has 0 aliphatic heterocycles. The third-order valence-corrected chi connectivity index (χ3v) is 3.94. The Labute approximate surface area is 126 Å². The van der Waals surface area contributed by atoms with Crippen molar-refractivity contribution in [1.82, 2.24) is 19.9 Å². The molecular formula is C17H14N4O. The number of carbonyl (C=O) groups excluding carboxylic acids is 1. The first-order chi connectivity index (χ1) is 10.7. The lowest BCUT2D eigenvalue weighted by Crippen LogP contribution is -1.96. The summed E-state index contributed by atoms with van der Waals surface area (Å²) in [5, 5.41) is 1.87. The minimum atomic E-state index is 0.0293. The topological polar surface area (TPSA) is 74.4 Å². The number of aryl methyl sites for hydroxylation is 1. The molecule has 0 saturated carbocycles. The van der Waals surface area contributed by atoms with E-state index in [1.807, 2.05) is 31.2 Å². The average Bonchev–Trinajstić information content (AvgIpc) is 3.13. The maximum absolute atomic E-state index is 12.1. The summed E-state index contributed by atoms with van der Waals surface area (Å²) in [6, 6.07) is 7.92. The smallest absolute Gasteiger partial charge is 0.162 e. The van der Waals surface area contributed by atoms with Gasteiger partial charge in [-0.2, -0.15) is 0 Å². The number of pyridine rings is 1. The van der Waals surface area contributed by atoms with Crippen molar-refractivity contribution in [3.8, 4) is 11.4 Å². The number of aromatic nitrogens is 4. The van der Waals surface area contributed by atoms with Gasteiger partial charge in [-0.05, 0) is 19.9 Å². The van der Waals surface area contributed by atoms with E-state index in [0.717, 1.165) is 38.9 Å². The van der Waals surface area contributed by atoms with Crippen molar-refractivity contribution in [1.29, 1.82) is 0 Å². The van der Waals surface area contributed by atoms with Crippen molar-refractivity contribution in [2.24, 2.45) is 0 Å². The molecule has 0 amide bonds. The van der Waals surface area contributed by atoms with Crippen LogP contribution in [0.5, 0.6) is 0 Å². The second-order valence-electron chi connectivity index (χ2n) is 5.37. The van der Waals surface area contributed by atoms with Crippen molar-refractivity contribution >= 4 is 27.6 Å². The van der Waals surface area contributed by atoms with Crippen molar-refractivity contribution in [3.05, 3.63) is 48.0 Å². The van der Waals surface area contributed by atoms with Gasteiger partial charge in [-0.3, -0.25) is 4.79 Å². The van der Waals surface area contributed by atoms with Crippen molar-refractivity contribution in [2.45, 2.75) is 13.8 Å². The fourth-order valence-electron chi connectivity index (χ4n) is 3.04. The predicted molar refractivity (Wildman–Crippen MR) is 85.9 cm³/mol. The minimum Gasteiger partial charge on any atom is -0.357 e. The van der Waals surface area contributed by atoms with Gasteiger partial charge in [-0.1, -0.05) is 18.2 Å². The fourth-order valence-corrected chi connectivity index (χ4v) is 3.04. The number of nitrogens with zero attached hydrogens (tertiary/aromatic N) is 2. The molecule has 3 heterocycles.